The molecule has 11 heavy (non-hydrogen) atoms. The maximum atomic E-state index is 5.83. The van der Waals surface area contributed by atoms with E-state index in [1.165, 1.54) is 31.8 Å². The minimum atomic E-state index is 0.354. The van der Waals surface area contributed by atoms with Crippen LogP contribution in [0.5, 0.6) is 0 Å². The molecule has 62 valence electrons. The molecule has 1 spiro atoms. The monoisotopic (exact) mass is 170 g/mol. The average Bonchev–Trinajstić information content (AvgIpc) is 2.57. The molecule has 3 aliphatic rings. The van der Waals surface area contributed by atoms with Gasteiger partial charge in [0.05, 0.1) is 6.10 Å². The van der Waals surface area contributed by atoms with E-state index in [0.29, 0.717) is 19.6 Å². The van der Waals surface area contributed by atoms with Crippen molar-refractivity contribution in [2.24, 2.45) is 0 Å². The number of ether oxygens (including phenoxy) is 1. The van der Waals surface area contributed by atoms with Crippen molar-refractivity contribution in [2.75, 3.05) is 12.8 Å². The van der Waals surface area contributed by atoms with Crippen molar-refractivity contribution in [3.05, 3.63) is 0 Å². The van der Waals surface area contributed by atoms with E-state index in [0.717, 1.165) is 5.66 Å². The minimum absolute atomic E-state index is 0.354. The van der Waals surface area contributed by atoms with Crippen molar-refractivity contribution in [1.82, 2.24) is 0 Å². The van der Waals surface area contributed by atoms with Crippen LogP contribution in [0.2, 0.25) is 0 Å². The highest BCUT2D eigenvalue weighted by molar-refractivity contribution is 7.58. The Hall–Kier alpha value is 0.390. The molecule has 2 aliphatic heterocycles. The molecule has 2 saturated heterocycles. The van der Waals surface area contributed by atoms with Crippen LogP contribution in [0.15, 0.2) is 0 Å². The zero-order valence-corrected chi connectivity index (χ0v) is 7.94. The molecule has 0 aromatic rings. The molecular weight excluding hydrogens is 155 g/mol. The first kappa shape index (κ1) is 6.86. The van der Waals surface area contributed by atoms with E-state index in [1.54, 1.807) is 0 Å². The summed E-state index contributed by atoms with van der Waals surface area (Å²) in [5, 5.41) is 0. The molecule has 1 unspecified atom stereocenters. The smallest absolute Gasteiger partial charge is 0.102 e. The van der Waals surface area contributed by atoms with Gasteiger partial charge in [-0.15, -0.1) is 7.92 Å². The first-order valence-corrected chi connectivity index (χ1v) is 6.75. The highest BCUT2D eigenvalue weighted by Gasteiger charge is 2.67. The first-order valence-electron chi connectivity index (χ1n) is 4.71. The van der Waals surface area contributed by atoms with Crippen molar-refractivity contribution < 1.29 is 4.74 Å². The lowest BCUT2D eigenvalue weighted by Crippen LogP contribution is -2.29. The van der Waals surface area contributed by atoms with Gasteiger partial charge in [-0.05, 0) is 25.7 Å². The fraction of sp³-hybridized carbons (Fsp3) is 1.00. The Kier molecular flexibility index (Phi) is 1.25. The van der Waals surface area contributed by atoms with E-state index in [-0.39, 0.29) is 0 Å². The first-order chi connectivity index (χ1) is 5.33. The fourth-order valence-corrected chi connectivity index (χ4v) is 5.95. The van der Waals surface area contributed by atoms with Gasteiger partial charge in [0.1, 0.15) is 5.60 Å². The highest BCUT2D eigenvalue weighted by atomic mass is 31.1. The molecule has 0 aromatic carbocycles. The second-order valence-electron chi connectivity index (χ2n) is 4.26. The number of hydrogen-bond donors (Lipinski definition) is 0. The zero-order valence-electron chi connectivity index (χ0n) is 7.05. The Labute approximate surface area is 69.3 Å². The quantitative estimate of drug-likeness (QED) is 0.401. The molecule has 2 heteroatoms. The van der Waals surface area contributed by atoms with Crippen LogP contribution in [0.1, 0.15) is 25.7 Å². The summed E-state index contributed by atoms with van der Waals surface area (Å²) in [6.07, 6.45) is 7.88. The summed E-state index contributed by atoms with van der Waals surface area (Å²) in [4.78, 5) is 0. The van der Waals surface area contributed by atoms with Crippen molar-refractivity contribution in [1.29, 1.82) is 0 Å². The van der Waals surface area contributed by atoms with Gasteiger partial charge < -0.3 is 4.74 Å². The van der Waals surface area contributed by atoms with E-state index < -0.39 is 0 Å². The van der Waals surface area contributed by atoms with E-state index in [2.05, 4.69) is 6.66 Å². The molecule has 0 radical (unpaired) electrons. The Morgan fingerprint density at radius 2 is 2.36 bits per heavy atom. The van der Waals surface area contributed by atoms with Crippen LogP contribution in [0.25, 0.3) is 0 Å². The summed E-state index contributed by atoms with van der Waals surface area (Å²) < 4.78 is 5.83. The van der Waals surface area contributed by atoms with Gasteiger partial charge in [-0.1, -0.05) is 12.8 Å². The second kappa shape index (κ2) is 2.00. The van der Waals surface area contributed by atoms with Crippen molar-refractivity contribution in [3.63, 3.8) is 0 Å². The molecule has 3 fully saturated rings. The standard InChI is InChI=1S/C9H15OP/c1-11-6-7-9(10-7)5-3-2-4-8(9)11/h7-8H,2-6H2,1H3/t7-,8?,9-,11-/m0/s1. The molecule has 0 N–H and O–H groups in total. The second-order valence-corrected chi connectivity index (χ2v) is 6.77. The lowest BCUT2D eigenvalue weighted by Gasteiger charge is -2.29. The third-order valence-electron chi connectivity index (χ3n) is 3.69. The molecule has 2 heterocycles. The van der Waals surface area contributed by atoms with Crippen LogP contribution in [0.3, 0.4) is 0 Å². The number of epoxide rings is 1. The minimum Gasteiger partial charge on any atom is -0.365 e. The van der Waals surface area contributed by atoms with E-state index in [9.17, 15) is 0 Å². The Morgan fingerprint density at radius 1 is 1.45 bits per heavy atom. The van der Waals surface area contributed by atoms with Crippen molar-refractivity contribution >= 4 is 7.92 Å². The molecule has 4 atom stereocenters. The predicted molar refractivity (Wildman–Crippen MR) is 47.6 cm³/mol. The predicted octanol–water partition coefficient (Wildman–Crippen LogP) is 2.19. The van der Waals surface area contributed by atoms with Gasteiger partial charge in [-0.3, -0.25) is 0 Å². The van der Waals surface area contributed by atoms with Crippen LogP contribution >= 0.6 is 7.92 Å². The zero-order chi connectivity index (χ0) is 7.47. The third kappa shape index (κ3) is 0.742. The Morgan fingerprint density at radius 3 is 3.18 bits per heavy atom. The van der Waals surface area contributed by atoms with Crippen LogP contribution < -0.4 is 0 Å². The van der Waals surface area contributed by atoms with Gasteiger partial charge in [-0.2, -0.15) is 0 Å². The largest absolute Gasteiger partial charge is 0.365 e. The Balaban J connectivity index is 1.90. The van der Waals surface area contributed by atoms with Gasteiger partial charge in [0.2, 0.25) is 0 Å². The van der Waals surface area contributed by atoms with Crippen LogP contribution in [-0.4, -0.2) is 30.2 Å². The van der Waals surface area contributed by atoms with Crippen LogP contribution in [-0.2, 0) is 4.74 Å². The summed E-state index contributed by atoms with van der Waals surface area (Å²) >= 11 is 0. The SMILES string of the molecule is C[P@@]1C[C@@H]2O[C@@]23CCCCC13. The molecule has 3 rings (SSSR count). The maximum Gasteiger partial charge on any atom is 0.102 e. The summed E-state index contributed by atoms with van der Waals surface area (Å²) in [6.45, 7) is 2.47. The maximum absolute atomic E-state index is 5.83. The highest BCUT2D eigenvalue weighted by Crippen LogP contribution is 2.67. The van der Waals surface area contributed by atoms with E-state index in [1.807, 2.05) is 0 Å². The van der Waals surface area contributed by atoms with Gasteiger partial charge in [0.15, 0.2) is 0 Å². The molecule has 0 aromatic heterocycles. The average molecular weight is 170 g/mol. The lowest BCUT2D eigenvalue weighted by molar-refractivity contribution is 0.235. The van der Waals surface area contributed by atoms with Gasteiger partial charge >= 0.3 is 0 Å². The molecule has 0 amide bonds. The van der Waals surface area contributed by atoms with Crippen LogP contribution in [0, 0.1) is 0 Å². The summed E-state index contributed by atoms with van der Waals surface area (Å²) in [5.74, 6) is 0. The van der Waals surface area contributed by atoms with Gasteiger partial charge in [0, 0.05) is 5.66 Å². The Bertz CT molecular complexity index is 194. The molecule has 1 nitrogen and oxygen atoms in total. The third-order valence-corrected chi connectivity index (χ3v) is 6.36. The summed E-state index contributed by atoms with van der Waals surface area (Å²) in [7, 11) is 0.354. The fourth-order valence-electron chi connectivity index (χ4n) is 3.07. The van der Waals surface area contributed by atoms with Gasteiger partial charge in [0.25, 0.3) is 0 Å². The molecular formula is C9H15OP. The number of hydrogen-bond acceptors (Lipinski definition) is 1. The van der Waals surface area contributed by atoms with Crippen molar-refractivity contribution in [2.45, 2.75) is 43.0 Å². The molecule has 0 bridgehead atoms. The van der Waals surface area contributed by atoms with Crippen LogP contribution in [0.4, 0.5) is 0 Å². The summed E-state index contributed by atoms with van der Waals surface area (Å²) in [5.41, 5.74) is 1.45. The molecule has 1 saturated carbocycles. The summed E-state index contributed by atoms with van der Waals surface area (Å²) in [6, 6.07) is 0. The lowest BCUT2D eigenvalue weighted by atomic mass is 9.87. The normalized spacial score (nSPS) is 60.3. The van der Waals surface area contributed by atoms with E-state index in [4.69, 9.17) is 4.74 Å². The molecule has 1 aliphatic carbocycles. The van der Waals surface area contributed by atoms with Gasteiger partial charge in [-0.25, -0.2) is 0 Å². The van der Waals surface area contributed by atoms with E-state index >= 15 is 0 Å². The number of rotatable bonds is 0. The van der Waals surface area contributed by atoms with Crippen molar-refractivity contribution in [3.8, 4) is 0 Å². The topological polar surface area (TPSA) is 12.5 Å².